The second kappa shape index (κ2) is 4.11. The lowest BCUT2D eigenvalue weighted by Gasteiger charge is -2.09. The molecule has 0 N–H and O–H groups in total. The van der Waals surface area contributed by atoms with Gasteiger partial charge in [0.15, 0.2) is 0 Å². The molecule has 0 saturated heterocycles. The molecule has 1 aromatic carbocycles. The standard InChI is InChI=1S/C10H10BrCl/c1-3-7(2)8-5-4-6-9(12)10(8)11/h3-7H,1H2,2H3. The minimum absolute atomic E-state index is 0.332. The van der Waals surface area contributed by atoms with Crippen LogP contribution in [0.1, 0.15) is 18.4 Å². The summed E-state index contributed by atoms with van der Waals surface area (Å²) in [5.41, 5.74) is 1.18. The maximum absolute atomic E-state index is 5.93. The highest BCUT2D eigenvalue weighted by molar-refractivity contribution is 9.10. The molecule has 0 aliphatic rings. The smallest absolute Gasteiger partial charge is 0.0551 e. The molecule has 0 heterocycles. The van der Waals surface area contributed by atoms with Crippen LogP contribution in [0.25, 0.3) is 0 Å². The van der Waals surface area contributed by atoms with E-state index in [4.69, 9.17) is 11.6 Å². The van der Waals surface area contributed by atoms with Gasteiger partial charge in [-0.05, 0) is 33.5 Å². The summed E-state index contributed by atoms with van der Waals surface area (Å²) in [7, 11) is 0. The van der Waals surface area contributed by atoms with E-state index in [9.17, 15) is 0 Å². The van der Waals surface area contributed by atoms with Crippen LogP contribution in [0.15, 0.2) is 35.3 Å². The summed E-state index contributed by atoms with van der Waals surface area (Å²) in [6.07, 6.45) is 1.90. The molecule has 0 aromatic heterocycles. The number of rotatable bonds is 2. The first kappa shape index (κ1) is 9.82. The summed E-state index contributed by atoms with van der Waals surface area (Å²) in [4.78, 5) is 0. The Labute approximate surface area is 86.4 Å². The first-order chi connectivity index (χ1) is 5.66. The van der Waals surface area contributed by atoms with Gasteiger partial charge in [-0.25, -0.2) is 0 Å². The van der Waals surface area contributed by atoms with E-state index in [1.807, 2.05) is 24.3 Å². The predicted octanol–water partition coefficient (Wildman–Crippen LogP) is 4.39. The van der Waals surface area contributed by atoms with Crippen LogP contribution in [0.2, 0.25) is 5.02 Å². The Hall–Kier alpha value is -0.270. The van der Waals surface area contributed by atoms with Gasteiger partial charge in [0.1, 0.15) is 0 Å². The molecular weight excluding hydrogens is 235 g/mol. The van der Waals surface area contributed by atoms with Gasteiger partial charge < -0.3 is 0 Å². The van der Waals surface area contributed by atoms with Crippen LogP contribution < -0.4 is 0 Å². The first-order valence-corrected chi connectivity index (χ1v) is 4.90. The van der Waals surface area contributed by atoms with Crippen LogP contribution >= 0.6 is 27.5 Å². The van der Waals surface area contributed by atoms with E-state index in [0.717, 1.165) is 9.50 Å². The summed E-state index contributed by atoms with van der Waals surface area (Å²) < 4.78 is 0.971. The Morgan fingerprint density at radius 2 is 2.25 bits per heavy atom. The van der Waals surface area contributed by atoms with Crippen molar-refractivity contribution in [2.75, 3.05) is 0 Å². The van der Waals surface area contributed by atoms with E-state index in [0.29, 0.717) is 5.92 Å². The van der Waals surface area contributed by atoms with Gasteiger partial charge in [0.25, 0.3) is 0 Å². The average molecular weight is 246 g/mol. The fourth-order valence-corrected chi connectivity index (χ4v) is 1.81. The summed E-state index contributed by atoms with van der Waals surface area (Å²) in [5, 5.41) is 0.751. The number of hydrogen-bond donors (Lipinski definition) is 0. The molecule has 1 aromatic rings. The molecular formula is C10H10BrCl. The highest BCUT2D eigenvalue weighted by Crippen LogP contribution is 2.31. The maximum Gasteiger partial charge on any atom is 0.0551 e. The molecule has 1 atom stereocenters. The van der Waals surface area contributed by atoms with Crippen molar-refractivity contribution in [1.82, 2.24) is 0 Å². The minimum Gasteiger partial charge on any atom is -0.102 e. The van der Waals surface area contributed by atoms with Crippen molar-refractivity contribution in [3.05, 3.63) is 45.9 Å². The van der Waals surface area contributed by atoms with Gasteiger partial charge in [0.05, 0.1) is 5.02 Å². The third kappa shape index (κ3) is 1.90. The van der Waals surface area contributed by atoms with Gasteiger partial charge in [-0.3, -0.25) is 0 Å². The summed E-state index contributed by atoms with van der Waals surface area (Å²) in [6, 6.07) is 5.86. The Morgan fingerprint density at radius 1 is 1.58 bits per heavy atom. The molecule has 0 fully saturated rings. The Bertz CT molecular complexity index is 294. The highest BCUT2D eigenvalue weighted by atomic mass is 79.9. The molecule has 0 nitrogen and oxygen atoms in total. The van der Waals surface area contributed by atoms with Crippen LogP contribution in [0.5, 0.6) is 0 Å². The molecule has 1 rings (SSSR count). The lowest BCUT2D eigenvalue weighted by atomic mass is 10.0. The van der Waals surface area contributed by atoms with E-state index in [1.54, 1.807) is 0 Å². The third-order valence-corrected chi connectivity index (χ3v) is 3.25. The fourth-order valence-electron chi connectivity index (χ4n) is 0.999. The highest BCUT2D eigenvalue weighted by Gasteiger charge is 2.07. The largest absolute Gasteiger partial charge is 0.102 e. The molecule has 2 heteroatoms. The number of benzene rings is 1. The van der Waals surface area contributed by atoms with E-state index in [1.165, 1.54) is 5.56 Å². The molecule has 0 aliphatic carbocycles. The normalized spacial score (nSPS) is 12.6. The second-order valence-corrected chi connectivity index (χ2v) is 3.87. The van der Waals surface area contributed by atoms with Crippen LogP contribution in [-0.4, -0.2) is 0 Å². The van der Waals surface area contributed by atoms with E-state index >= 15 is 0 Å². The van der Waals surface area contributed by atoms with Crippen molar-refractivity contribution >= 4 is 27.5 Å². The number of halogens is 2. The van der Waals surface area contributed by atoms with E-state index < -0.39 is 0 Å². The number of hydrogen-bond acceptors (Lipinski definition) is 0. The zero-order valence-corrected chi connectivity index (χ0v) is 9.19. The molecule has 0 saturated carbocycles. The van der Waals surface area contributed by atoms with Gasteiger partial charge in [-0.15, -0.1) is 6.58 Å². The molecule has 12 heavy (non-hydrogen) atoms. The Balaban J connectivity index is 3.15. The monoisotopic (exact) mass is 244 g/mol. The molecule has 0 bridgehead atoms. The van der Waals surface area contributed by atoms with E-state index in [2.05, 4.69) is 29.4 Å². The third-order valence-electron chi connectivity index (χ3n) is 1.83. The van der Waals surface area contributed by atoms with Gasteiger partial charge >= 0.3 is 0 Å². The SMILES string of the molecule is C=CC(C)c1cccc(Cl)c1Br. The van der Waals surface area contributed by atoms with Gasteiger partial charge in [-0.1, -0.05) is 36.7 Å². The number of allylic oxidation sites excluding steroid dienone is 1. The van der Waals surface area contributed by atoms with Crippen LogP contribution in [-0.2, 0) is 0 Å². The van der Waals surface area contributed by atoms with Gasteiger partial charge in [0, 0.05) is 4.47 Å². The van der Waals surface area contributed by atoms with Crippen molar-refractivity contribution in [3.8, 4) is 0 Å². The molecule has 64 valence electrons. The maximum atomic E-state index is 5.93. The quantitative estimate of drug-likeness (QED) is 0.678. The minimum atomic E-state index is 0.332. The molecule has 1 unspecified atom stereocenters. The van der Waals surface area contributed by atoms with Crippen molar-refractivity contribution in [1.29, 1.82) is 0 Å². The topological polar surface area (TPSA) is 0 Å². The lowest BCUT2D eigenvalue weighted by Crippen LogP contribution is -1.89. The predicted molar refractivity (Wildman–Crippen MR) is 57.8 cm³/mol. The van der Waals surface area contributed by atoms with Gasteiger partial charge in [0.2, 0.25) is 0 Å². The Morgan fingerprint density at radius 3 is 2.83 bits per heavy atom. The second-order valence-electron chi connectivity index (χ2n) is 2.67. The molecule has 0 radical (unpaired) electrons. The van der Waals surface area contributed by atoms with Crippen LogP contribution in [0.3, 0.4) is 0 Å². The lowest BCUT2D eigenvalue weighted by molar-refractivity contribution is 0.963. The van der Waals surface area contributed by atoms with Crippen LogP contribution in [0, 0.1) is 0 Å². The average Bonchev–Trinajstić information content (AvgIpc) is 2.08. The molecule has 0 amide bonds. The Kier molecular flexibility index (Phi) is 3.36. The molecule has 0 aliphatic heterocycles. The van der Waals surface area contributed by atoms with Crippen molar-refractivity contribution in [2.24, 2.45) is 0 Å². The van der Waals surface area contributed by atoms with Crippen molar-refractivity contribution in [3.63, 3.8) is 0 Å². The zero-order valence-electron chi connectivity index (χ0n) is 6.85. The van der Waals surface area contributed by atoms with Crippen molar-refractivity contribution in [2.45, 2.75) is 12.8 Å². The van der Waals surface area contributed by atoms with Gasteiger partial charge in [-0.2, -0.15) is 0 Å². The summed E-state index contributed by atoms with van der Waals surface area (Å²) in [6.45, 7) is 5.83. The zero-order chi connectivity index (χ0) is 9.14. The molecule has 0 spiro atoms. The summed E-state index contributed by atoms with van der Waals surface area (Å²) >= 11 is 9.38. The van der Waals surface area contributed by atoms with Crippen molar-refractivity contribution < 1.29 is 0 Å². The fraction of sp³-hybridized carbons (Fsp3) is 0.200. The van der Waals surface area contributed by atoms with Crippen LogP contribution in [0.4, 0.5) is 0 Å². The van der Waals surface area contributed by atoms with E-state index in [-0.39, 0.29) is 0 Å². The summed E-state index contributed by atoms with van der Waals surface area (Å²) in [5.74, 6) is 0.332. The first-order valence-electron chi connectivity index (χ1n) is 3.73.